The summed E-state index contributed by atoms with van der Waals surface area (Å²) >= 11 is 0. The highest BCUT2D eigenvalue weighted by Gasteiger charge is 2.25. The van der Waals surface area contributed by atoms with Gasteiger partial charge in [-0.25, -0.2) is 8.42 Å². The van der Waals surface area contributed by atoms with Gasteiger partial charge in [0.15, 0.2) is 0 Å². The number of hydrogen-bond donors (Lipinski definition) is 1. The van der Waals surface area contributed by atoms with Gasteiger partial charge in [0.2, 0.25) is 10.0 Å². The molecule has 1 N–H and O–H groups in total. The molecule has 2 aromatic heterocycles. The van der Waals surface area contributed by atoms with Gasteiger partial charge in [-0.3, -0.25) is 4.79 Å². The zero-order chi connectivity index (χ0) is 20.4. The predicted octanol–water partition coefficient (Wildman–Crippen LogP) is 1.18. The summed E-state index contributed by atoms with van der Waals surface area (Å²) in [6.45, 7) is 4.40. The molecule has 29 heavy (non-hydrogen) atoms. The van der Waals surface area contributed by atoms with Gasteiger partial charge in [0.25, 0.3) is 5.91 Å². The van der Waals surface area contributed by atoms with Crippen molar-refractivity contribution < 1.29 is 17.9 Å². The molecule has 0 unspecified atom stereocenters. The molecule has 0 aromatic carbocycles. The quantitative estimate of drug-likeness (QED) is 0.785. The Morgan fingerprint density at radius 2 is 1.79 bits per heavy atom. The van der Waals surface area contributed by atoms with Crippen molar-refractivity contribution in [1.82, 2.24) is 14.0 Å². The van der Waals surface area contributed by atoms with Crippen LogP contribution >= 0.6 is 0 Å². The van der Waals surface area contributed by atoms with E-state index >= 15 is 0 Å². The lowest BCUT2D eigenvalue weighted by atomic mass is 10.0. The number of nitrogens with zero attached hydrogens (tertiary/aromatic N) is 3. The number of piperazine rings is 1. The van der Waals surface area contributed by atoms with Gasteiger partial charge in [-0.15, -0.1) is 0 Å². The SMILES string of the molecule is CS(=O)(=O)N1CCN(c2ccc3ccc(C(=O)NCC4CCOCC4)cn23)CC1. The Morgan fingerprint density at radius 1 is 1.10 bits per heavy atom. The molecule has 0 bridgehead atoms. The minimum atomic E-state index is -3.16. The van der Waals surface area contributed by atoms with E-state index in [1.807, 2.05) is 34.9 Å². The number of amides is 1. The minimum absolute atomic E-state index is 0.0695. The number of pyridine rings is 1. The van der Waals surface area contributed by atoms with Crippen molar-refractivity contribution in [2.45, 2.75) is 12.8 Å². The van der Waals surface area contributed by atoms with Crippen LogP contribution in [-0.2, 0) is 14.8 Å². The van der Waals surface area contributed by atoms with Gasteiger partial charge in [0.1, 0.15) is 5.82 Å². The second-order valence-corrected chi connectivity index (χ2v) is 9.80. The molecule has 0 radical (unpaired) electrons. The third-order valence-electron chi connectivity index (χ3n) is 5.82. The van der Waals surface area contributed by atoms with Crippen LogP contribution in [0.2, 0.25) is 0 Å². The lowest BCUT2D eigenvalue weighted by molar-refractivity contribution is 0.0642. The van der Waals surface area contributed by atoms with Crippen LogP contribution < -0.4 is 10.2 Å². The van der Waals surface area contributed by atoms with E-state index in [1.165, 1.54) is 10.6 Å². The number of carbonyl (C=O) groups is 1. The van der Waals surface area contributed by atoms with Crippen molar-refractivity contribution in [3.63, 3.8) is 0 Å². The first-order chi connectivity index (χ1) is 13.9. The second kappa shape index (κ2) is 8.33. The van der Waals surface area contributed by atoms with Crippen LogP contribution in [-0.4, -0.2) is 75.2 Å². The molecule has 0 saturated carbocycles. The fraction of sp³-hybridized carbons (Fsp3) is 0.550. The second-order valence-electron chi connectivity index (χ2n) is 7.82. The average Bonchev–Trinajstić information content (AvgIpc) is 3.15. The number of fused-ring (bicyclic) bond motifs is 1. The summed E-state index contributed by atoms with van der Waals surface area (Å²) < 4.78 is 32.4. The predicted molar refractivity (Wildman–Crippen MR) is 112 cm³/mol. The first kappa shape index (κ1) is 20.2. The van der Waals surface area contributed by atoms with E-state index < -0.39 is 10.0 Å². The number of hydrogen-bond acceptors (Lipinski definition) is 5. The molecule has 4 rings (SSSR count). The maximum absolute atomic E-state index is 12.7. The van der Waals surface area contributed by atoms with E-state index in [9.17, 15) is 13.2 Å². The zero-order valence-electron chi connectivity index (χ0n) is 16.7. The van der Waals surface area contributed by atoms with Gasteiger partial charge in [0, 0.05) is 57.7 Å². The highest BCUT2D eigenvalue weighted by Crippen LogP contribution is 2.22. The van der Waals surface area contributed by atoms with Crippen molar-refractivity contribution in [3.8, 4) is 0 Å². The normalized spacial score (nSPS) is 19.6. The number of nitrogens with one attached hydrogen (secondary N) is 1. The van der Waals surface area contributed by atoms with Gasteiger partial charge < -0.3 is 19.4 Å². The number of carbonyl (C=O) groups excluding carboxylic acids is 1. The summed E-state index contributed by atoms with van der Waals surface area (Å²) in [5.41, 5.74) is 1.63. The monoisotopic (exact) mass is 420 g/mol. The Balaban J connectivity index is 1.45. The summed E-state index contributed by atoms with van der Waals surface area (Å²) in [6.07, 6.45) is 5.09. The summed E-state index contributed by atoms with van der Waals surface area (Å²) in [4.78, 5) is 14.8. The van der Waals surface area contributed by atoms with Crippen LogP contribution in [0.15, 0.2) is 30.5 Å². The van der Waals surface area contributed by atoms with Crippen molar-refractivity contribution in [2.24, 2.45) is 5.92 Å². The third-order valence-corrected chi connectivity index (χ3v) is 7.12. The molecule has 2 fully saturated rings. The van der Waals surface area contributed by atoms with E-state index in [0.717, 1.165) is 37.4 Å². The Kier molecular flexibility index (Phi) is 5.80. The maximum Gasteiger partial charge on any atom is 0.252 e. The summed E-state index contributed by atoms with van der Waals surface area (Å²) in [7, 11) is -3.16. The van der Waals surface area contributed by atoms with Crippen LogP contribution in [0.3, 0.4) is 0 Å². The standard InChI is InChI=1S/C20H28N4O4S/c1-29(26,27)23-10-8-22(9-11-23)19-5-4-18-3-2-17(15-24(18)19)20(25)21-14-16-6-12-28-13-7-16/h2-5,15-16H,6-14H2,1H3,(H,21,25). The van der Waals surface area contributed by atoms with Crippen molar-refractivity contribution in [1.29, 1.82) is 0 Å². The van der Waals surface area contributed by atoms with E-state index in [2.05, 4.69) is 10.2 Å². The largest absolute Gasteiger partial charge is 0.381 e. The molecular formula is C20H28N4O4S. The number of aromatic nitrogens is 1. The van der Waals surface area contributed by atoms with Crippen molar-refractivity contribution >= 4 is 27.3 Å². The fourth-order valence-corrected chi connectivity index (χ4v) is 4.84. The Hall–Kier alpha value is -2.10. The zero-order valence-corrected chi connectivity index (χ0v) is 17.5. The molecule has 0 aliphatic carbocycles. The third kappa shape index (κ3) is 4.57. The molecule has 2 saturated heterocycles. The molecule has 0 spiro atoms. The average molecular weight is 421 g/mol. The van der Waals surface area contributed by atoms with E-state index in [-0.39, 0.29) is 5.91 Å². The molecule has 2 aliphatic rings. The minimum Gasteiger partial charge on any atom is -0.381 e. The molecule has 2 aliphatic heterocycles. The first-order valence-electron chi connectivity index (χ1n) is 10.1. The molecule has 0 atom stereocenters. The topological polar surface area (TPSA) is 83.4 Å². The van der Waals surface area contributed by atoms with Gasteiger partial charge in [-0.1, -0.05) is 0 Å². The summed E-state index contributed by atoms with van der Waals surface area (Å²) in [6, 6.07) is 7.83. The molecule has 9 heteroatoms. The molecular weight excluding hydrogens is 392 g/mol. The number of sulfonamides is 1. The van der Waals surface area contributed by atoms with E-state index in [1.54, 1.807) is 0 Å². The number of ether oxygens (including phenoxy) is 1. The van der Waals surface area contributed by atoms with Crippen molar-refractivity contribution in [3.05, 3.63) is 36.0 Å². The highest BCUT2D eigenvalue weighted by molar-refractivity contribution is 7.88. The summed E-state index contributed by atoms with van der Waals surface area (Å²) in [5.74, 6) is 1.39. The van der Waals surface area contributed by atoms with Crippen molar-refractivity contribution in [2.75, 3.05) is 57.1 Å². The van der Waals surface area contributed by atoms with Crippen LogP contribution in [0, 0.1) is 5.92 Å². The van der Waals surface area contributed by atoms with Crippen LogP contribution in [0.4, 0.5) is 5.82 Å². The lowest BCUT2D eigenvalue weighted by Gasteiger charge is -2.34. The molecule has 8 nitrogen and oxygen atoms in total. The van der Waals surface area contributed by atoms with Gasteiger partial charge >= 0.3 is 0 Å². The smallest absolute Gasteiger partial charge is 0.252 e. The van der Waals surface area contributed by atoms with Crippen LogP contribution in [0.25, 0.3) is 5.52 Å². The summed E-state index contributed by atoms with van der Waals surface area (Å²) in [5, 5.41) is 3.05. The Morgan fingerprint density at radius 3 is 2.48 bits per heavy atom. The first-order valence-corrected chi connectivity index (χ1v) is 11.9. The molecule has 158 valence electrons. The van der Waals surface area contributed by atoms with Gasteiger partial charge in [-0.2, -0.15) is 4.31 Å². The van der Waals surface area contributed by atoms with Crippen LogP contribution in [0.5, 0.6) is 0 Å². The molecule has 2 aromatic rings. The molecule has 1 amide bonds. The number of rotatable bonds is 5. The fourth-order valence-electron chi connectivity index (χ4n) is 4.02. The highest BCUT2D eigenvalue weighted by atomic mass is 32.2. The van der Waals surface area contributed by atoms with Crippen LogP contribution in [0.1, 0.15) is 23.2 Å². The van der Waals surface area contributed by atoms with E-state index in [0.29, 0.717) is 44.2 Å². The Labute approximate surface area is 171 Å². The van der Waals surface area contributed by atoms with Gasteiger partial charge in [-0.05, 0) is 43.0 Å². The maximum atomic E-state index is 12.7. The Bertz CT molecular complexity index is 974. The lowest BCUT2D eigenvalue weighted by Crippen LogP contribution is -2.48. The van der Waals surface area contributed by atoms with Gasteiger partial charge in [0.05, 0.1) is 11.8 Å². The number of anilines is 1. The molecule has 4 heterocycles. The van der Waals surface area contributed by atoms with E-state index in [4.69, 9.17) is 4.74 Å².